The number of esters is 1. The van der Waals surface area contributed by atoms with E-state index in [0.717, 1.165) is 11.1 Å². The summed E-state index contributed by atoms with van der Waals surface area (Å²) in [7, 11) is 1.37. The molecule has 2 N–H and O–H groups in total. The summed E-state index contributed by atoms with van der Waals surface area (Å²) in [6, 6.07) is 16.8. The van der Waals surface area contributed by atoms with Crippen molar-refractivity contribution in [3.63, 3.8) is 0 Å². The lowest BCUT2D eigenvalue weighted by atomic mass is 10.1. The van der Waals surface area contributed by atoms with Crippen molar-refractivity contribution in [2.24, 2.45) is 0 Å². The summed E-state index contributed by atoms with van der Waals surface area (Å²) in [5.41, 5.74) is 2.39. The second-order valence-electron chi connectivity index (χ2n) is 4.68. The maximum atomic E-state index is 11.7. The third kappa shape index (κ3) is 3.90. The van der Waals surface area contributed by atoms with Gasteiger partial charge in [0.15, 0.2) is 0 Å². The molecule has 0 radical (unpaired) electrons. The quantitative estimate of drug-likeness (QED) is 0.800. The number of methoxy groups -OCH3 is 1. The predicted octanol–water partition coefficient (Wildman–Crippen LogP) is 2.30. The van der Waals surface area contributed by atoms with Gasteiger partial charge in [-0.05, 0) is 17.2 Å². The van der Waals surface area contributed by atoms with Crippen LogP contribution in [0.4, 0.5) is 0 Å². The van der Waals surface area contributed by atoms with Crippen molar-refractivity contribution in [2.45, 2.75) is 12.6 Å². The van der Waals surface area contributed by atoms with Crippen LogP contribution < -0.4 is 5.32 Å². The van der Waals surface area contributed by atoms with Crippen LogP contribution in [0.5, 0.6) is 0 Å². The number of aliphatic hydroxyl groups excluding tert-OH is 1. The summed E-state index contributed by atoms with van der Waals surface area (Å²) in [5.74, 6) is -0.354. The summed E-state index contributed by atoms with van der Waals surface area (Å²) in [6.45, 7) is 0.468. The molecule has 0 fully saturated rings. The Hall–Kier alpha value is -2.17. The van der Waals surface area contributed by atoms with Gasteiger partial charge in [-0.15, -0.1) is 0 Å². The van der Waals surface area contributed by atoms with Crippen LogP contribution in [-0.4, -0.2) is 24.8 Å². The van der Waals surface area contributed by atoms with Gasteiger partial charge < -0.3 is 15.2 Å². The predicted molar refractivity (Wildman–Crippen MR) is 80.9 cm³/mol. The number of benzene rings is 2. The fourth-order valence-corrected chi connectivity index (χ4v) is 2.19. The fraction of sp³-hybridized carbons (Fsp3) is 0.235. The van der Waals surface area contributed by atoms with E-state index >= 15 is 0 Å². The highest BCUT2D eigenvalue weighted by Crippen LogP contribution is 2.15. The Bertz CT molecular complexity index is 584. The van der Waals surface area contributed by atoms with Crippen molar-refractivity contribution in [3.8, 4) is 0 Å². The first-order valence-electron chi connectivity index (χ1n) is 6.81. The average Bonchev–Trinajstić information content (AvgIpc) is 2.56. The van der Waals surface area contributed by atoms with Gasteiger partial charge in [-0.2, -0.15) is 0 Å². The van der Waals surface area contributed by atoms with Gasteiger partial charge >= 0.3 is 5.97 Å². The van der Waals surface area contributed by atoms with Crippen molar-refractivity contribution in [1.82, 2.24) is 5.32 Å². The topological polar surface area (TPSA) is 58.6 Å². The van der Waals surface area contributed by atoms with Gasteiger partial charge in [-0.1, -0.05) is 48.5 Å². The molecule has 21 heavy (non-hydrogen) atoms. The number of rotatable bonds is 6. The van der Waals surface area contributed by atoms with E-state index in [4.69, 9.17) is 4.74 Å². The van der Waals surface area contributed by atoms with E-state index in [1.54, 1.807) is 12.1 Å². The molecule has 4 nitrogen and oxygen atoms in total. The largest absolute Gasteiger partial charge is 0.465 e. The molecule has 0 aliphatic heterocycles. The minimum absolute atomic E-state index is 0.00952. The molecule has 0 saturated heterocycles. The third-order valence-electron chi connectivity index (χ3n) is 3.35. The van der Waals surface area contributed by atoms with Gasteiger partial charge in [0, 0.05) is 6.54 Å². The van der Waals surface area contributed by atoms with Crippen LogP contribution in [0.1, 0.15) is 27.5 Å². The SMILES string of the molecule is COC(=O)c1ccccc1CN[C@@H](CO)c1ccccc1. The number of ether oxygens (including phenoxy) is 1. The zero-order chi connectivity index (χ0) is 15.1. The Kier molecular flexibility index (Phi) is 5.49. The van der Waals surface area contributed by atoms with Crippen LogP contribution in [-0.2, 0) is 11.3 Å². The molecule has 0 aliphatic carbocycles. The van der Waals surface area contributed by atoms with E-state index in [9.17, 15) is 9.90 Å². The van der Waals surface area contributed by atoms with Gasteiger partial charge in [0.1, 0.15) is 0 Å². The van der Waals surface area contributed by atoms with Gasteiger partial charge in [0.25, 0.3) is 0 Å². The zero-order valence-electron chi connectivity index (χ0n) is 12.0. The van der Waals surface area contributed by atoms with Crippen molar-refractivity contribution in [1.29, 1.82) is 0 Å². The second kappa shape index (κ2) is 7.57. The van der Waals surface area contributed by atoms with Crippen LogP contribution in [0.15, 0.2) is 54.6 Å². The van der Waals surface area contributed by atoms with E-state index in [1.807, 2.05) is 42.5 Å². The number of carbonyl (C=O) groups is 1. The van der Waals surface area contributed by atoms with Gasteiger partial charge in [-0.3, -0.25) is 0 Å². The Morgan fingerprint density at radius 3 is 2.48 bits per heavy atom. The lowest BCUT2D eigenvalue weighted by molar-refractivity contribution is 0.0599. The zero-order valence-corrected chi connectivity index (χ0v) is 12.0. The molecule has 4 heteroatoms. The van der Waals surface area contributed by atoms with Crippen LogP contribution in [0.3, 0.4) is 0 Å². The number of carbonyl (C=O) groups excluding carboxylic acids is 1. The molecule has 1 atom stereocenters. The molecule has 0 unspecified atom stereocenters. The summed E-state index contributed by atoms with van der Waals surface area (Å²) in [5, 5.41) is 12.8. The molecule has 110 valence electrons. The smallest absolute Gasteiger partial charge is 0.338 e. The van der Waals surface area contributed by atoms with Gasteiger partial charge in [0.2, 0.25) is 0 Å². The van der Waals surface area contributed by atoms with Crippen LogP contribution in [0, 0.1) is 0 Å². The summed E-state index contributed by atoms with van der Waals surface area (Å²) in [4.78, 5) is 11.7. The standard InChI is InChI=1S/C17H19NO3/c1-21-17(20)15-10-6-5-9-14(15)11-18-16(12-19)13-7-3-2-4-8-13/h2-10,16,18-19H,11-12H2,1H3/t16-/m0/s1. The highest BCUT2D eigenvalue weighted by atomic mass is 16.5. The van der Waals surface area contributed by atoms with Crippen molar-refractivity contribution < 1.29 is 14.6 Å². The molecule has 0 heterocycles. The molecule has 0 saturated carbocycles. The summed E-state index contributed by atoms with van der Waals surface area (Å²) in [6.07, 6.45) is 0. The summed E-state index contributed by atoms with van der Waals surface area (Å²) >= 11 is 0. The minimum atomic E-state index is -0.354. The first-order valence-corrected chi connectivity index (χ1v) is 6.81. The second-order valence-corrected chi connectivity index (χ2v) is 4.68. The van der Waals surface area contributed by atoms with E-state index in [0.29, 0.717) is 12.1 Å². The molecule has 0 spiro atoms. The van der Waals surface area contributed by atoms with Crippen LogP contribution >= 0.6 is 0 Å². The highest BCUT2D eigenvalue weighted by molar-refractivity contribution is 5.90. The Morgan fingerprint density at radius 2 is 1.81 bits per heavy atom. The van der Waals surface area contributed by atoms with Gasteiger partial charge in [0.05, 0.1) is 25.3 Å². The molecule has 0 aliphatic rings. The molecule has 2 aromatic rings. The number of nitrogens with one attached hydrogen (secondary N) is 1. The summed E-state index contributed by atoms with van der Waals surface area (Å²) < 4.78 is 4.78. The molecule has 2 rings (SSSR count). The number of hydrogen-bond donors (Lipinski definition) is 2. The van der Waals surface area contributed by atoms with E-state index in [2.05, 4.69) is 5.32 Å². The fourth-order valence-electron chi connectivity index (χ4n) is 2.19. The van der Waals surface area contributed by atoms with Crippen LogP contribution in [0.25, 0.3) is 0 Å². The first-order chi connectivity index (χ1) is 10.3. The highest BCUT2D eigenvalue weighted by Gasteiger charge is 2.13. The van der Waals surface area contributed by atoms with Crippen molar-refractivity contribution >= 4 is 5.97 Å². The van der Waals surface area contributed by atoms with Crippen LogP contribution in [0.2, 0.25) is 0 Å². The van der Waals surface area contributed by atoms with E-state index in [1.165, 1.54) is 7.11 Å². The molecular weight excluding hydrogens is 266 g/mol. The maximum Gasteiger partial charge on any atom is 0.338 e. The lowest BCUT2D eigenvalue weighted by Crippen LogP contribution is -2.25. The Morgan fingerprint density at radius 1 is 1.14 bits per heavy atom. The number of aliphatic hydroxyl groups is 1. The maximum absolute atomic E-state index is 11.7. The van der Waals surface area contributed by atoms with Crippen molar-refractivity contribution in [3.05, 3.63) is 71.3 Å². The molecule has 0 aromatic heterocycles. The first kappa shape index (κ1) is 15.2. The lowest BCUT2D eigenvalue weighted by Gasteiger charge is -2.17. The monoisotopic (exact) mass is 285 g/mol. The Labute approximate surface area is 124 Å². The molecular formula is C17H19NO3. The van der Waals surface area contributed by atoms with E-state index < -0.39 is 0 Å². The number of hydrogen-bond acceptors (Lipinski definition) is 4. The normalized spacial score (nSPS) is 11.9. The van der Waals surface area contributed by atoms with Gasteiger partial charge in [-0.25, -0.2) is 4.79 Å². The molecule has 0 bridgehead atoms. The third-order valence-corrected chi connectivity index (χ3v) is 3.35. The Balaban J connectivity index is 2.10. The molecule has 0 amide bonds. The molecule has 2 aromatic carbocycles. The minimum Gasteiger partial charge on any atom is -0.465 e. The van der Waals surface area contributed by atoms with E-state index in [-0.39, 0.29) is 18.6 Å². The average molecular weight is 285 g/mol. The van der Waals surface area contributed by atoms with Crippen molar-refractivity contribution in [2.75, 3.05) is 13.7 Å².